The molecule has 2 aliphatic rings. The molecule has 124 valence electrons. The minimum absolute atomic E-state index is 0.111. The number of benzene rings is 1. The molecule has 1 saturated heterocycles. The van der Waals surface area contributed by atoms with Gasteiger partial charge in [0.2, 0.25) is 0 Å². The van der Waals surface area contributed by atoms with Crippen molar-refractivity contribution in [2.75, 3.05) is 13.2 Å². The van der Waals surface area contributed by atoms with Crippen LogP contribution in [0.1, 0.15) is 53.9 Å². The van der Waals surface area contributed by atoms with E-state index >= 15 is 0 Å². The van der Waals surface area contributed by atoms with Crippen LogP contribution in [0.3, 0.4) is 0 Å². The highest BCUT2D eigenvalue weighted by molar-refractivity contribution is 6.10. The number of ether oxygens (including phenoxy) is 1. The first kappa shape index (κ1) is 16.4. The van der Waals surface area contributed by atoms with E-state index in [1.807, 2.05) is 20.8 Å². The molecule has 3 nitrogen and oxygen atoms in total. The first-order chi connectivity index (χ1) is 11.0. The average Bonchev–Trinajstić information content (AvgIpc) is 2.93. The van der Waals surface area contributed by atoms with Gasteiger partial charge in [-0.15, -0.1) is 0 Å². The topological polar surface area (TPSA) is 43.4 Å². The standard InChI is InChI=1S/C20H26O3/c1-12-6-13(2)19(14(3)7-12)20-17(21)9-16(10-18(20)22)8-15-4-5-23-11-15/h6-7,15-16,20H,4-5,8-11H2,1-3H3. The minimum atomic E-state index is -0.535. The van der Waals surface area contributed by atoms with E-state index in [1.165, 1.54) is 5.56 Å². The van der Waals surface area contributed by atoms with Crippen LogP contribution >= 0.6 is 0 Å². The zero-order valence-electron chi connectivity index (χ0n) is 14.4. The molecule has 1 aromatic rings. The molecule has 1 unspecified atom stereocenters. The van der Waals surface area contributed by atoms with Gasteiger partial charge in [0.05, 0.1) is 0 Å². The van der Waals surface area contributed by atoms with Gasteiger partial charge >= 0.3 is 0 Å². The molecular weight excluding hydrogens is 288 g/mol. The molecule has 1 aliphatic heterocycles. The van der Waals surface area contributed by atoms with Gasteiger partial charge in [-0.05, 0) is 62.1 Å². The zero-order chi connectivity index (χ0) is 16.6. The summed E-state index contributed by atoms with van der Waals surface area (Å²) in [6.45, 7) is 7.69. The van der Waals surface area contributed by atoms with Crippen molar-refractivity contribution in [2.45, 2.75) is 52.4 Å². The normalized spacial score (nSPS) is 28.4. The lowest BCUT2D eigenvalue weighted by Gasteiger charge is -2.29. The Morgan fingerprint density at radius 3 is 2.13 bits per heavy atom. The Bertz CT molecular complexity index is 585. The number of Topliss-reactive ketones (excluding diaryl/α,β-unsaturated/α-hetero) is 2. The molecule has 3 rings (SSSR count). The Balaban J connectivity index is 1.78. The second-order valence-corrected chi connectivity index (χ2v) is 7.42. The highest BCUT2D eigenvalue weighted by Crippen LogP contribution is 2.37. The predicted octanol–water partition coefficient (Wildman–Crippen LogP) is 3.67. The van der Waals surface area contributed by atoms with Crippen LogP contribution in [-0.2, 0) is 14.3 Å². The number of hydrogen-bond acceptors (Lipinski definition) is 3. The van der Waals surface area contributed by atoms with Gasteiger partial charge in [0.15, 0.2) is 0 Å². The van der Waals surface area contributed by atoms with Crippen LogP contribution in [0.15, 0.2) is 12.1 Å². The Kier molecular flexibility index (Phi) is 4.67. The van der Waals surface area contributed by atoms with Gasteiger partial charge in [-0.25, -0.2) is 0 Å². The fourth-order valence-electron chi connectivity index (χ4n) is 4.43. The van der Waals surface area contributed by atoms with Crippen LogP contribution in [0.4, 0.5) is 0 Å². The number of aryl methyl sites for hydroxylation is 3. The average molecular weight is 314 g/mol. The smallest absolute Gasteiger partial charge is 0.148 e. The molecule has 1 atom stereocenters. The summed E-state index contributed by atoms with van der Waals surface area (Å²) in [6, 6.07) is 4.15. The summed E-state index contributed by atoms with van der Waals surface area (Å²) in [7, 11) is 0. The monoisotopic (exact) mass is 314 g/mol. The fourth-order valence-corrected chi connectivity index (χ4v) is 4.43. The van der Waals surface area contributed by atoms with Crippen LogP contribution in [0.25, 0.3) is 0 Å². The largest absolute Gasteiger partial charge is 0.381 e. The molecule has 2 fully saturated rings. The molecule has 0 amide bonds. The third-order valence-electron chi connectivity index (χ3n) is 5.34. The van der Waals surface area contributed by atoms with Gasteiger partial charge in [0, 0.05) is 26.1 Å². The Labute approximate surface area is 138 Å². The number of hydrogen-bond donors (Lipinski definition) is 0. The van der Waals surface area contributed by atoms with Gasteiger partial charge in [0.1, 0.15) is 17.5 Å². The lowest BCUT2D eigenvalue weighted by Crippen LogP contribution is -2.33. The third-order valence-corrected chi connectivity index (χ3v) is 5.34. The molecule has 1 heterocycles. The van der Waals surface area contributed by atoms with E-state index in [4.69, 9.17) is 4.74 Å². The van der Waals surface area contributed by atoms with E-state index in [0.29, 0.717) is 18.8 Å². The summed E-state index contributed by atoms with van der Waals surface area (Å²) in [5.74, 6) is 0.427. The molecule has 0 spiro atoms. The minimum Gasteiger partial charge on any atom is -0.381 e. The molecular formula is C20H26O3. The van der Waals surface area contributed by atoms with E-state index in [2.05, 4.69) is 12.1 Å². The maximum absolute atomic E-state index is 12.7. The van der Waals surface area contributed by atoms with E-state index in [0.717, 1.165) is 42.7 Å². The maximum atomic E-state index is 12.7. The number of carbonyl (C=O) groups is 2. The predicted molar refractivity (Wildman–Crippen MR) is 89.7 cm³/mol. The summed E-state index contributed by atoms with van der Waals surface area (Å²) in [5, 5.41) is 0. The van der Waals surface area contributed by atoms with Crippen molar-refractivity contribution in [1.29, 1.82) is 0 Å². The molecule has 0 aromatic heterocycles. The van der Waals surface area contributed by atoms with Crippen LogP contribution < -0.4 is 0 Å². The van der Waals surface area contributed by atoms with Crippen molar-refractivity contribution >= 4 is 11.6 Å². The summed E-state index contributed by atoms with van der Waals surface area (Å²) in [4.78, 5) is 25.5. The van der Waals surface area contributed by atoms with Gasteiger partial charge in [-0.1, -0.05) is 17.7 Å². The quantitative estimate of drug-likeness (QED) is 0.800. The van der Waals surface area contributed by atoms with E-state index in [9.17, 15) is 9.59 Å². The molecule has 3 heteroatoms. The second-order valence-electron chi connectivity index (χ2n) is 7.42. The van der Waals surface area contributed by atoms with Crippen molar-refractivity contribution in [3.8, 4) is 0 Å². The molecule has 0 radical (unpaired) electrons. The second kappa shape index (κ2) is 6.56. The lowest BCUT2D eigenvalue weighted by atomic mass is 9.72. The Hall–Kier alpha value is -1.48. The number of ketones is 2. The Morgan fingerprint density at radius 2 is 1.61 bits per heavy atom. The number of carbonyl (C=O) groups excluding carboxylic acids is 2. The van der Waals surface area contributed by atoms with Crippen molar-refractivity contribution < 1.29 is 14.3 Å². The summed E-state index contributed by atoms with van der Waals surface area (Å²) < 4.78 is 5.42. The van der Waals surface area contributed by atoms with Gasteiger partial charge < -0.3 is 4.74 Å². The lowest BCUT2D eigenvalue weighted by molar-refractivity contribution is -0.133. The summed E-state index contributed by atoms with van der Waals surface area (Å²) >= 11 is 0. The van der Waals surface area contributed by atoms with Gasteiger partial charge in [-0.2, -0.15) is 0 Å². The van der Waals surface area contributed by atoms with E-state index < -0.39 is 5.92 Å². The van der Waals surface area contributed by atoms with E-state index in [-0.39, 0.29) is 17.5 Å². The first-order valence-electron chi connectivity index (χ1n) is 8.66. The zero-order valence-corrected chi connectivity index (χ0v) is 14.4. The van der Waals surface area contributed by atoms with Crippen LogP contribution in [0, 0.1) is 32.6 Å². The van der Waals surface area contributed by atoms with Crippen molar-refractivity contribution in [3.63, 3.8) is 0 Å². The summed E-state index contributed by atoms with van der Waals surface area (Å²) in [6.07, 6.45) is 3.11. The molecule has 0 bridgehead atoms. The van der Waals surface area contributed by atoms with Crippen LogP contribution in [0.5, 0.6) is 0 Å². The molecule has 0 N–H and O–H groups in total. The van der Waals surface area contributed by atoms with Crippen LogP contribution in [0.2, 0.25) is 0 Å². The van der Waals surface area contributed by atoms with E-state index in [1.54, 1.807) is 0 Å². The van der Waals surface area contributed by atoms with Gasteiger partial charge in [0.25, 0.3) is 0 Å². The van der Waals surface area contributed by atoms with Crippen molar-refractivity contribution in [1.82, 2.24) is 0 Å². The van der Waals surface area contributed by atoms with Crippen molar-refractivity contribution in [3.05, 3.63) is 34.4 Å². The highest BCUT2D eigenvalue weighted by atomic mass is 16.5. The third kappa shape index (κ3) is 3.40. The SMILES string of the molecule is Cc1cc(C)c(C2C(=O)CC(CC3CCOC3)CC2=O)c(C)c1. The summed E-state index contributed by atoms with van der Waals surface area (Å²) in [5.41, 5.74) is 4.26. The fraction of sp³-hybridized carbons (Fsp3) is 0.600. The van der Waals surface area contributed by atoms with Crippen LogP contribution in [-0.4, -0.2) is 24.8 Å². The molecule has 1 saturated carbocycles. The molecule has 1 aliphatic carbocycles. The number of rotatable bonds is 3. The first-order valence-corrected chi connectivity index (χ1v) is 8.66. The Morgan fingerprint density at radius 1 is 1.00 bits per heavy atom. The molecule has 1 aromatic carbocycles. The highest BCUT2D eigenvalue weighted by Gasteiger charge is 2.38. The maximum Gasteiger partial charge on any atom is 0.148 e. The molecule has 23 heavy (non-hydrogen) atoms. The van der Waals surface area contributed by atoms with Crippen molar-refractivity contribution in [2.24, 2.45) is 11.8 Å². The van der Waals surface area contributed by atoms with Gasteiger partial charge in [-0.3, -0.25) is 9.59 Å².